The minimum atomic E-state index is -3.76. The minimum absolute atomic E-state index is 0.150. The lowest BCUT2D eigenvalue weighted by atomic mass is 9.86. The molecule has 2 atom stereocenters. The monoisotopic (exact) mass is 389 g/mol. The maximum Gasteiger partial charge on any atom is 0.286 e. The molecule has 0 radical (unpaired) electrons. The molecule has 1 amide bonds. The van der Waals surface area contributed by atoms with Crippen molar-refractivity contribution in [1.82, 2.24) is 5.32 Å². The Morgan fingerprint density at radius 3 is 2.78 bits per heavy atom. The Morgan fingerprint density at radius 1 is 1.15 bits per heavy atom. The van der Waals surface area contributed by atoms with Gasteiger partial charge in [0.1, 0.15) is 10.7 Å². The topological polar surface area (TPSA) is 78.8 Å². The average molecular weight is 390 g/mol. The van der Waals surface area contributed by atoms with Crippen LogP contribution in [0.1, 0.15) is 68.6 Å². The van der Waals surface area contributed by atoms with Crippen molar-refractivity contribution in [2.45, 2.75) is 69.2 Å². The second-order valence-electron chi connectivity index (χ2n) is 7.97. The zero-order valence-electron chi connectivity index (χ0n) is 15.8. The SMILES string of the molecule is C[C@H]1CCCC[C@H]1NC(=O)c1ccc2c(c1)S(=O)(=O)N=C1CCCCCN12. The van der Waals surface area contributed by atoms with E-state index in [0.717, 1.165) is 45.1 Å². The van der Waals surface area contributed by atoms with Crippen LogP contribution in [0.25, 0.3) is 0 Å². The van der Waals surface area contributed by atoms with E-state index < -0.39 is 10.0 Å². The summed E-state index contributed by atoms with van der Waals surface area (Å²) in [6, 6.07) is 5.17. The van der Waals surface area contributed by atoms with Crippen molar-refractivity contribution in [1.29, 1.82) is 0 Å². The first-order chi connectivity index (χ1) is 13.0. The number of carbonyl (C=O) groups is 1. The van der Waals surface area contributed by atoms with E-state index >= 15 is 0 Å². The summed E-state index contributed by atoms with van der Waals surface area (Å²) < 4.78 is 29.5. The van der Waals surface area contributed by atoms with Gasteiger partial charge in [-0.05, 0) is 49.8 Å². The highest BCUT2D eigenvalue weighted by molar-refractivity contribution is 7.90. The van der Waals surface area contributed by atoms with Crippen LogP contribution in [-0.2, 0) is 10.0 Å². The normalized spacial score (nSPS) is 27.0. The molecule has 2 aliphatic heterocycles. The van der Waals surface area contributed by atoms with Crippen LogP contribution in [0.15, 0.2) is 27.5 Å². The molecule has 0 spiro atoms. The third kappa shape index (κ3) is 3.61. The molecular formula is C20H27N3O3S. The first-order valence-electron chi connectivity index (χ1n) is 10.0. The van der Waals surface area contributed by atoms with Gasteiger partial charge in [0, 0.05) is 24.6 Å². The van der Waals surface area contributed by atoms with Crippen molar-refractivity contribution in [3.05, 3.63) is 23.8 Å². The molecule has 1 aromatic carbocycles. The van der Waals surface area contributed by atoms with Gasteiger partial charge in [0.25, 0.3) is 15.9 Å². The van der Waals surface area contributed by atoms with Gasteiger partial charge in [0.05, 0.1) is 5.69 Å². The number of rotatable bonds is 2. The van der Waals surface area contributed by atoms with Crippen molar-refractivity contribution >= 4 is 27.5 Å². The Hall–Kier alpha value is -1.89. The smallest absolute Gasteiger partial charge is 0.286 e. The molecule has 1 aromatic rings. The molecule has 4 rings (SSSR count). The first kappa shape index (κ1) is 18.5. The number of hydrogen-bond acceptors (Lipinski definition) is 4. The van der Waals surface area contributed by atoms with Crippen molar-refractivity contribution in [3.63, 3.8) is 0 Å². The van der Waals surface area contributed by atoms with Gasteiger partial charge in [0.2, 0.25) is 0 Å². The molecule has 146 valence electrons. The van der Waals surface area contributed by atoms with E-state index in [-0.39, 0.29) is 16.8 Å². The van der Waals surface area contributed by atoms with Crippen LogP contribution in [0.5, 0.6) is 0 Å². The predicted molar refractivity (Wildman–Crippen MR) is 106 cm³/mol. The maximum absolute atomic E-state index is 12.7. The van der Waals surface area contributed by atoms with Crippen molar-refractivity contribution < 1.29 is 13.2 Å². The fourth-order valence-electron chi connectivity index (χ4n) is 4.40. The Balaban J connectivity index is 1.63. The summed E-state index contributed by atoms with van der Waals surface area (Å²) in [6.45, 7) is 2.93. The number of benzene rings is 1. The highest BCUT2D eigenvalue weighted by Gasteiger charge is 2.32. The van der Waals surface area contributed by atoms with E-state index in [4.69, 9.17) is 0 Å². The summed E-state index contributed by atoms with van der Waals surface area (Å²) in [4.78, 5) is 14.9. The molecule has 1 saturated carbocycles. The summed E-state index contributed by atoms with van der Waals surface area (Å²) in [5.74, 6) is 0.888. The molecule has 1 aliphatic carbocycles. The number of nitrogens with zero attached hydrogens (tertiary/aromatic N) is 2. The van der Waals surface area contributed by atoms with Crippen LogP contribution >= 0.6 is 0 Å². The van der Waals surface area contributed by atoms with Crippen LogP contribution in [0.4, 0.5) is 5.69 Å². The van der Waals surface area contributed by atoms with Crippen LogP contribution < -0.4 is 10.2 Å². The number of amides is 1. The Kier molecular flexibility index (Phi) is 4.97. The van der Waals surface area contributed by atoms with Crippen molar-refractivity contribution in [2.75, 3.05) is 11.4 Å². The number of sulfonamides is 1. The van der Waals surface area contributed by atoms with Gasteiger partial charge >= 0.3 is 0 Å². The van der Waals surface area contributed by atoms with Crippen LogP contribution in [0.2, 0.25) is 0 Å². The lowest BCUT2D eigenvalue weighted by Gasteiger charge is -2.31. The first-order valence-corrected chi connectivity index (χ1v) is 11.5. The minimum Gasteiger partial charge on any atom is -0.349 e. The molecule has 27 heavy (non-hydrogen) atoms. The van der Waals surface area contributed by atoms with Gasteiger partial charge in [0.15, 0.2) is 0 Å². The van der Waals surface area contributed by atoms with E-state index in [1.54, 1.807) is 12.1 Å². The van der Waals surface area contributed by atoms with E-state index in [0.29, 0.717) is 29.4 Å². The van der Waals surface area contributed by atoms with Crippen LogP contribution in [0, 0.1) is 5.92 Å². The van der Waals surface area contributed by atoms with Gasteiger partial charge in [-0.15, -0.1) is 4.40 Å². The van der Waals surface area contributed by atoms with E-state index in [2.05, 4.69) is 16.6 Å². The summed E-state index contributed by atoms with van der Waals surface area (Å²) in [7, 11) is -3.76. The van der Waals surface area contributed by atoms with Gasteiger partial charge < -0.3 is 10.2 Å². The van der Waals surface area contributed by atoms with E-state index in [1.807, 2.05) is 4.90 Å². The molecule has 0 bridgehead atoms. The highest BCUT2D eigenvalue weighted by Crippen LogP contribution is 2.35. The number of hydrogen-bond donors (Lipinski definition) is 1. The third-order valence-electron chi connectivity index (χ3n) is 6.04. The summed E-state index contributed by atoms with van der Waals surface area (Å²) >= 11 is 0. The second kappa shape index (κ2) is 7.26. The molecule has 0 aromatic heterocycles. The van der Waals surface area contributed by atoms with Crippen LogP contribution in [0.3, 0.4) is 0 Å². The van der Waals surface area contributed by atoms with Gasteiger partial charge in [-0.3, -0.25) is 4.79 Å². The van der Waals surface area contributed by atoms with E-state index in [9.17, 15) is 13.2 Å². The van der Waals surface area contributed by atoms with Crippen molar-refractivity contribution in [2.24, 2.45) is 10.3 Å². The highest BCUT2D eigenvalue weighted by atomic mass is 32.2. The molecule has 7 heteroatoms. The predicted octanol–water partition coefficient (Wildman–Crippen LogP) is 3.48. The third-order valence-corrected chi connectivity index (χ3v) is 7.37. The quantitative estimate of drug-likeness (QED) is 0.840. The molecule has 1 saturated heterocycles. The molecule has 2 fully saturated rings. The van der Waals surface area contributed by atoms with Crippen LogP contribution in [-0.4, -0.2) is 32.7 Å². The molecule has 1 N–H and O–H groups in total. The Bertz CT molecular complexity index is 878. The number of carbonyl (C=O) groups excluding carboxylic acids is 1. The molecule has 0 unspecified atom stereocenters. The van der Waals surface area contributed by atoms with Gasteiger partial charge in [-0.25, -0.2) is 0 Å². The summed E-state index contributed by atoms with van der Waals surface area (Å²) in [6.07, 6.45) is 8.17. The van der Waals surface area contributed by atoms with E-state index in [1.165, 1.54) is 12.5 Å². The summed E-state index contributed by atoms with van der Waals surface area (Å²) in [5, 5.41) is 3.10. The standard InChI is InChI=1S/C20H27N3O3S/c1-14-7-4-5-8-16(14)21-20(24)15-10-11-17-18(13-15)27(25,26)22-19-9-3-2-6-12-23(17)19/h10-11,13-14,16H,2-9,12H2,1H3,(H,21,24)/t14-,16+/m0/s1. The second-order valence-corrected chi connectivity index (χ2v) is 9.54. The zero-order valence-corrected chi connectivity index (χ0v) is 16.6. The average Bonchev–Trinajstić information content (AvgIpc) is 2.88. The molecule has 6 nitrogen and oxygen atoms in total. The zero-order chi connectivity index (χ0) is 19.0. The number of amidine groups is 1. The molecule has 2 heterocycles. The fraction of sp³-hybridized carbons (Fsp3) is 0.600. The Labute approximate surface area is 161 Å². The number of nitrogens with one attached hydrogen (secondary N) is 1. The lowest BCUT2D eigenvalue weighted by Crippen LogP contribution is -2.41. The van der Waals surface area contributed by atoms with Gasteiger partial charge in [-0.1, -0.05) is 26.2 Å². The molecular weight excluding hydrogens is 362 g/mol. The maximum atomic E-state index is 12.7. The number of fused-ring (bicyclic) bond motifs is 3. The summed E-state index contributed by atoms with van der Waals surface area (Å²) in [5.41, 5.74) is 1.05. The lowest BCUT2D eigenvalue weighted by molar-refractivity contribution is 0.0910. The van der Waals surface area contributed by atoms with Gasteiger partial charge in [-0.2, -0.15) is 8.42 Å². The number of anilines is 1. The molecule has 3 aliphatic rings. The largest absolute Gasteiger partial charge is 0.349 e. The Morgan fingerprint density at radius 2 is 1.96 bits per heavy atom. The van der Waals surface area contributed by atoms with Crippen molar-refractivity contribution in [3.8, 4) is 0 Å². The fourth-order valence-corrected chi connectivity index (χ4v) is 5.69.